The van der Waals surface area contributed by atoms with E-state index in [0.717, 1.165) is 22.5 Å². The monoisotopic (exact) mass is 371 g/mol. The van der Waals surface area contributed by atoms with Gasteiger partial charge in [0.15, 0.2) is 5.11 Å². The highest BCUT2D eigenvalue weighted by Crippen LogP contribution is 2.29. The van der Waals surface area contributed by atoms with Gasteiger partial charge in [-0.1, -0.05) is 41.9 Å². The Morgan fingerprint density at radius 2 is 1.80 bits per heavy atom. The lowest BCUT2D eigenvalue weighted by Gasteiger charge is -2.30. The molecule has 2 aromatic carbocycles. The van der Waals surface area contributed by atoms with Crippen LogP contribution < -0.4 is 16.0 Å². The average Bonchev–Trinajstić information content (AvgIpc) is 2.57. The molecule has 3 rings (SSSR count). The van der Waals surface area contributed by atoms with Gasteiger partial charge in [-0.25, -0.2) is 0 Å². The van der Waals surface area contributed by atoms with Crippen molar-refractivity contribution in [2.75, 3.05) is 5.32 Å². The minimum Gasteiger partial charge on any atom is -0.351 e. The summed E-state index contributed by atoms with van der Waals surface area (Å²) in [7, 11) is 0. The van der Waals surface area contributed by atoms with Crippen molar-refractivity contribution in [3.05, 3.63) is 76.0 Å². The van der Waals surface area contributed by atoms with Crippen LogP contribution in [0.3, 0.4) is 0 Å². The van der Waals surface area contributed by atoms with Crippen LogP contribution in [-0.4, -0.2) is 11.0 Å². The third-order valence-corrected chi connectivity index (χ3v) is 4.58. The Morgan fingerprint density at radius 1 is 1.12 bits per heavy atom. The van der Waals surface area contributed by atoms with Gasteiger partial charge in [-0.05, 0) is 55.4 Å². The van der Waals surface area contributed by atoms with Crippen LogP contribution in [0.5, 0.6) is 0 Å². The van der Waals surface area contributed by atoms with Crippen molar-refractivity contribution in [2.24, 2.45) is 0 Å². The number of halogens is 1. The fraction of sp³-hybridized carbons (Fsp3) is 0.158. The molecule has 0 aliphatic carbocycles. The molecule has 1 unspecified atom stereocenters. The molecule has 0 aromatic heterocycles. The molecule has 1 heterocycles. The summed E-state index contributed by atoms with van der Waals surface area (Å²) in [6.45, 7) is 3.81. The zero-order valence-electron chi connectivity index (χ0n) is 13.9. The topological polar surface area (TPSA) is 53.2 Å². The number of hydrogen-bond acceptors (Lipinski definition) is 2. The summed E-state index contributed by atoms with van der Waals surface area (Å²) in [5.74, 6) is -0.172. The van der Waals surface area contributed by atoms with Crippen LogP contribution in [-0.2, 0) is 4.79 Å². The van der Waals surface area contributed by atoms with E-state index >= 15 is 0 Å². The fourth-order valence-electron chi connectivity index (χ4n) is 2.80. The van der Waals surface area contributed by atoms with Gasteiger partial charge >= 0.3 is 0 Å². The number of amides is 1. The Kier molecular flexibility index (Phi) is 5.06. The SMILES string of the molecule is CC1=C(C(=O)Nc2ccccc2C)C(c2ccc(Cl)cc2)NC(=S)N1. The summed E-state index contributed by atoms with van der Waals surface area (Å²) in [4.78, 5) is 13.0. The number of hydrogen-bond donors (Lipinski definition) is 3. The van der Waals surface area contributed by atoms with Crippen LogP contribution in [0, 0.1) is 6.92 Å². The maximum Gasteiger partial charge on any atom is 0.255 e. The van der Waals surface area contributed by atoms with Gasteiger partial charge in [0.05, 0.1) is 11.6 Å². The molecule has 25 heavy (non-hydrogen) atoms. The highest BCUT2D eigenvalue weighted by Gasteiger charge is 2.30. The predicted octanol–water partition coefficient (Wildman–Crippen LogP) is 4.08. The predicted molar refractivity (Wildman–Crippen MR) is 106 cm³/mol. The summed E-state index contributed by atoms with van der Waals surface area (Å²) in [6, 6.07) is 14.7. The average molecular weight is 372 g/mol. The quantitative estimate of drug-likeness (QED) is 0.711. The van der Waals surface area contributed by atoms with E-state index in [0.29, 0.717) is 15.7 Å². The number of thiocarbonyl (C=S) groups is 1. The lowest BCUT2D eigenvalue weighted by atomic mass is 9.95. The van der Waals surface area contributed by atoms with Crippen molar-refractivity contribution >= 4 is 40.5 Å². The Labute approximate surface area is 157 Å². The second-order valence-electron chi connectivity index (χ2n) is 5.89. The molecule has 0 saturated heterocycles. The molecule has 2 aromatic rings. The first kappa shape index (κ1) is 17.5. The normalized spacial score (nSPS) is 16.9. The first-order valence-corrected chi connectivity index (χ1v) is 8.65. The van der Waals surface area contributed by atoms with E-state index in [2.05, 4.69) is 16.0 Å². The van der Waals surface area contributed by atoms with Crippen molar-refractivity contribution in [3.63, 3.8) is 0 Å². The molecule has 3 N–H and O–H groups in total. The van der Waals surface area contributed by atoms with Gasteiger partial charge in [0, 0.05) is 16.4 Å². The van der Waals surface area contributed by atoms with E-state index < -0.39 is 0 Å². The number of aryl methyl sites for hydroxylation is 1. The van der Waals surface area contributed by atoms with E-state index in [-0.39, 0.29) is 11.9 Å². The molecular weight excluding hydrogens is 354 g/mol. The number of carbonyl (C=O) groups excluding carboxylic acids is 1. The number of nitrogens with one attached hydrogen (secondary N) is 3. The van der Waals surface area contributed by atoms with Crippen molar-refractivity contribution in [2.45, 2.75) is 19.9 Å². The zero-order chi connectivity index (χ0) is 18.0. The largest absolute Gasteiger partial charge is 0.351 e. The third kappa shape index (κ3) is 3.83. The minimum absolute atomic E-state index is 0.172. The number of benzene rings is 2. The van der Waals surface area contributed by atoms with E-state index in [9.17, 15) is 4.79 Å². The molecule has 1 aliphatic heterocycles. The second-order valence-corrected chi connectivity index (χ2v) is 6.74. The molecule has 1 aliphatic rings. The van der Waals surface area contributed by atoms with Crippen molar-refractivity contribution < 1.29 is 4.79 Å². The zero-order valence-corrected chi connectivity index (χ0v) is 15.5. The number of rotatable bonds is 3. The Balaban J connectivity index is 1.96. The molecule has 0 bridgehead atoms. The number of anilines is 1. The first-order chi connectivity index (χ1) is 12.0. The minimum atomic E-state index is -0.338. The van der Waals surface area contributed by atoms with Gasteiger partial charge in [-0.15, -0.1) is 0 Å². The lowest BCUT2D eigenvalue weighted by molar-refractivity contribution is -0.113. The molecule has 0 saturated carbocycles. The van der Waals surface area contributed by atoms with Gasteiger partial charge < -0.3 is 16.0 Å². The van der Waals surface area contributed by atoms with E-state index in [1.54, 1.807) is 12.1 Å². The maximum absolute atomic E-state index is 13.0. The molecular formula is C19H18ClN3OS. The Hall–Kier alpha value is -2.37. The van der Waals surface area contributed by atoms with Crippen LogP contribution >= 0.6 is 23.8 Å². The third-order valence-electron chi connectivity index (χ3n) is 4.11. The summed E-state index contributed by atoms with van der Waals surface area (Å²) in [5.41, 5.74) is 4.04. The molecule has 1 amide bonds. The molecule has 1 atom stereocenters. The highest BCUT2D eigenvalue weighted by atomic mass is 35.5. The van der Waals surface area contributed by atoms with Crippen molar-refractivity contribution in [1.29, 1.82) is 0 Å². The summed E-state index contributed by atoms with van der Waals surface area (Å²) in [6.07, 6.45) is 0. The Morgan fingerprint density at radius 3 is 2.48 bits per heavy atom. The van der Waals surface area contributed by atoms with Gasteiger partial charge in [-0.3, -0.25) is 4.79 Å². The smallest absolute Gasteiger partial charge is 0.255 e. The number of para-hydroxylation sites is 1. The number of allylic oxidation sites excluding steroid dienone is 1. The summed E-state index contributed by atoms with van der Waals surface area (Å²) >= 11 is 11.2. The molecule has 0 radical (unpaired) electrons. The Bertz CT molecular complexity index is 861. The van der Waals surface area contributed by atoms with E-state index in [4.69, 9.17) is 23.8 Å². The van der Waals surface area contributed by atoms with Crippen LogP contribution in [0.15, 0.2) is 59.8 Å². The molecule has 0 spiro atoms. The molecule has 6 heteroatoms. The van der Waals surface area contributed by atoms with Crippen LogP contribution in [0.1, 0.15) is 24.1 Å². The standard InChI is InChI=1S/C19H18ClN3OS/c1-11-5-3-4-6-15(11)22-18(24)16-12(2)21-19(25)23-17(16)13-7-9-14(20)10-8-13/h3-10,17H,1-2H3,(H,22,24)(H2,21,23,25). The lowest BCUT2D eigenvalue weighted by Crippen LogP contribution is -2.45. The first-order valence-electron chi connectivity index (χ1n) is 7.86. The second kappa shape index (κ2) is 7.25. The summed E-state index contributed by atoms with van der Waals surface area (Å²) in [5, 5.41) is 10.3. The maximum atomic E-state index is 13.0. The van der Waals surface area contributed by atoms with E-state index in [1.807, 2.05) is 50.2 Å². The van der Waals surface area contributed by atoms with Crippen LogP contribution in [0.25, 0.3) is 0 Å². The van der Waals surface area contributed by atoms with Crippen molar-refractivity contribution in [1.82, 2.24) is 10.6 Å². The van der Waals surface area contributed by atoms with E-state index in [1.165, 1.54) is 0 Å². The van der Waals surface area contributed by atoms with Gasteiger partial charge in [-0.2, -0.15) is 0 Å². The number of carbonyl (C=O) groups is 1. The van der Waals surface area contributed by atoms with Crippen molar-refractivity contribution in [3.8, 4) is 0 Å². The van der Waals surface area contributed by atoms with Gasteiger partial charge in [0.2, 0.25) is 0 Å². The van der Waals surface area contributed by atoms with Gasteiger partial charge in [0.1, 0.15) is 0 Å². The van der Waals surface area contributed by atoms with Crippen LogP contribution in [0.4, 0.5) is 5.69 Å². The highest BCUT2D eigenvalue weighted by molar-refractivity contribution is 7.80. The molecule has 0 fully saturated rings. The molecule has 4 nitrogen and oxygen atoms in total. The van der Waals surface area contributed by atoms with Gasteiger partial charge in [0.25, 0.3) is 5.91 Å². The molecule has 128 valence electrons. The van der Waals surface area contributed by atoms with Crippen LogP contribution in [0.2, 0.25) is 5.02 Å². The fourth-order valence-corrected chi connectivity index (χ4v) is 3.20. The summed E-state index contributed by atoms with van der Waals surface area (Å²) < 4.78 is 0.